The predicted molar refractivity (Wildman–Crippen MR) is 119 cm³/mol. The number of furan rings is 1. The molecule has 0 spiro atoms. The van der Waals surface area contributed by atoms with Gasteiger partial charge in [0.25, 0.3) is 5.91 Å². The molecule has 1 aliphatic rings. The smallest absolute Gasteiger partial charge is 0.257 e. The zero-order valence-corrected chi connectivity index (χ0v) is 18.8. The van der Waals surface area contributed by atoms with Gasteiger partial charge in [-0.05, 0) is 50.1 Å². The number of benzene rings is 1. The Labute approximate surface area is 190 Å². The van der Waals surface area contributed by atoms with E-state index in [-0.39, 0.29) is 23.6 Å². The number of aromatic nitrogens is 3. The van der Waals surface area contributed by atoms with Crippen molar-refractivity contribution < 1.29 is 18.7 Å². The van der Waals surface area contributed by atoms with Gasteiger partial charge in [-0.3, -0.25) is 14.2 Å². The van der Waals surface area contributed by atoms with Gasteiger partial charge in [-0.15, -0.1) is 10.2 Å². The largest absolute Gasteiger partial charge is 0.497 e. The first-order chi connectivity index (χ1) is 15.5. The number of aryl methyl sites for hydroxylation is 1. The van der Waals surface area contributed by atoms with Crippen LogP contribution in [0.2, 0.25) is 0 Å². The standard InChI is InChI=1S/C22H25N5O4S/c1-15-24-25-22(27(15)18-3-5-19(30-2)6-4-18)32-14-20(28)23-17-7-10-26(11-8-17)21(29)16-9-12-31-13-16/h3-6,9,12-13,17H,7-8,10-11,14H2,1-2H3,(H,23,28). The van der Waals surface area contributed by atoms with Crippen molar-refractivity contribution in [2.24, 2.45) is 0 Å². The zero-order chi connectivity index (χ0) is 22.5. The minimum atomic E-state index is -0.0588. The highest BCUT2D eigenvalue weighted by Crippen LogP contribution is 2.23. The molecule has 10 heteroatoms. The highest BCUT2D eigenvalue weighted by molar-refractivity contribution is 7.99. The lowest BCUT2D eigenvalue weighted by Crippen LogP contribution is -2.46. The summed E-state index contributed by atoms with van der Waals surface area (Å²) in [7, 11) is 1.63. The third kappa shape index (κ3) is 4.96. The van der Waals surface area contributed by atoms with Gasteiger partial charge in [0.05, 0.1) is 24.7 Å². The van der Waals surface area contributed by atoms with Crippen molar-refractivity contribution in [1.82, 2.24) is 25.0 Å². The molecule has 3 aromatic rings. The average molecular weight is 456 g/mol. The number of methoxy groups -OCH3 is 1. The maximum absolute atomic E-state index is 12.5. The first-order valence-corrected chi connectivity index (χ1v) is 11.3. The van der Waals surface area contributed by atoms with Crippen LogP contribution in [0.4, 0.5) is 0 Å². The summed E-state index contributed by atoms with van der Waals surface area (Å²) >= 11 is 1.34. The van der Waals surface area contributed by atoms with E-state index in [9.17, 15) is 9.59 Å². The van der Waals surface area contributed by atoms with Crippen LogP contribution in [0.15, 0.2) is 52.4 Å². The number of likely N-dealkylation sites (tertiary alicyclic amines) is 1. The Kier molecular flexibility index (Phi) is 6.79. The van der Waals surface area contributed by atoms with Crippen molar-refractivity contribution in [1.29, 1.82) is 0 Å². The van der Waals surface area contributed by atoms with E-state index in [1.54, 1.807) is 18.1 Å². The van der Waals surface area contributed by atoms with Gasteiger partial charge in [0.2, 0.25) is 5.91 Å². The molecule has 2 aromatic heterocycles. The number of nitrogens with zero attached hydrogens (tertiary/aromatic N) is 4. The van der Waals surface area contributed by atoms with Gasteiger partial charge in [0.1, 0.15) is 17.8 Å². The molecule has 3 heterocycles. The fourth-order valence-corrected chi connectivity index (χ4v) is 4.47. The quantitative estimate of drug-likeness (QED) is 0.547. The Morgan fingerprint density at radius 1 is 1.19 bits per heavy atom. The summed E-state index contributed by atoms with van der Waals surface area (Å²) < 4.78 is 12.1. The molecule has 0 aliphatic carbocycles. The molecule has 0 radical (unpaired) electrons. The molecule has 1 aliphatic heterocycles. The van der Waals surface area contributed by atoms with Crippen molar-refractivity contribution in [2.75, 3.05) is 26.0 Å². The van der Waals surface area contributed by atoms with Crippen molar-refractivity contribution in [3.8, 4) is 11.4 Å². The van der Waals surface area contributed by atoms with Crippen molar-refractivity contribution >= 4 is 23.6 Å². The molecule has 0 unspecified atom stereocenters. The summed E-state index contributed by atoms with van der Waals surface area (Å²) in [5.74, 6) is 1.66. The zero-order valence-electron chi connectivity index (χ0n) is 18.0. The summed E-state index contributed by atoms with van der Waals surface area (Å²) in [6, 6.07) is 9.33. The van der Waals surface area contributed by atoms with Crippen LogP contribution in [-0.4, -0.2) is 63.5 Å². The van der Waals surface area contributed by atoms with E-state index in [1.807, 2.05) is 35.8 Å². The summed E-state index contributed by atoms with van der Waals surface area (Å²) in [4.78, 5) is 26.7. The molecule has 4 rings (SSSR count). The molecule has 0 atom stereocenters. The van der Waals surface area contributed by atoms with Crippen molar-refractivity contribution in [2.45, 2.75) is 31.0 Å². The second-order valence-corrected chi connectivity index (χ2v) is 8.44. The van der Waals surface area contributed by atoms with E-state index in [0.717, 1.165) is 30.1 Å². The van der Waals surface area contributed by atoms with E-state index in [2.05, 4.69) is 15.5 Å². The number of piperidine rings is 1. The Hall–Kier alpha value is -3.27. The Bertz CT molecular complexity index is 1060. The van der Waals surface area contributed by atoms with Crippen LogP contribution in [0.3, 0.4) is 0 Å². The number of carbonyl (C=O) groups excluding carboxylic acids is 2. The number of hydrogen-bond acceptors (Lipinski definition) is 7. The van der Waals surface area contributed by atoms with Gasteiger partial charge in [-0.1, -0.05) is 11.8 Å². The van der Waals surface area contributed by atoms with E-state index in [1.165, 1.54) is 24.3 Å². The second-order valence-electron chi connectivity index (χ2n) is 7.50. The Balaban J connectivity index is 1.28. The molecule has 1 fully saturated rings. The van der Waals surface area contributed by atoms with Gasteiger partial charge in [-0.2, -0.15) is 0 Å². The molecule has 32 heavy (non-hydrogen) atoms. The highest BCUT2D eigenvalue weighted by Gasteiger charge is 2.25. The van der Waals surface area contributed by atoms with Crippen molar-refractivity contribution in [3.05, 3.63) is 54.2 Å². The summed E-state index contributed by atoms with van der Waals surface area (Å²) in [6.07, 6.45) is 4.40. The topological polar surface area (TPSA) is 102 Å². The molecule has 1 saturated heterocycles. The molecule has 0 saturated carbocycles. The van der Waals surface area contributed by atoms with Crippen LogP contribution in [0.25, 0.3) is 5.69 Å². The number of nitrogens with one attached hydrogen (secondary N) is 1. The van der Waals surface area contributed by atoms with E-state index >= 15 is 0 Å². The number of amides is 2. The van der Waals surface area contributed by atoms with E-state index in [4.69, 9.17) is 9.15 Å². The van der Waals surface area contributed by atoms with E-state index < -0.39 is 0 Å². The van der Waals surface area contributed by atoms with Gasteiger partial charge in [-0.25, -0.2) is 0 Å². The molecule has 168 valence electrons. The second kappa shape index (κ2) is 9.90. The number of ether oxygens (including phenoxy) is 1. The maximum Gasteiger partial charge on any atom is 0.257 e. The first-order valence-electron chi connectivity index (χ1n) is 10.3. The van der Waals surface area contributed by atoms with Crippen LogP contribution in [0, 0.1) is 6.92 Å². The fourth-order valence-electron chi connectivity index (χ4n) is 3.66. The lowest BCUT2D eigenvalue weighted by atomic mass is 10.0. The summed E-state index contributed by atoms with van der Waals surface area (Å²) in [5, 5.41) is 12.1. The van der Waals surface area contributed by atoms with Gasteiger partial charge < -0.3 is 19.4 Å². The van der Waals surface area contributed by atoms with Gasteiger partial charge in [0.15, 0.2) is 5.16 Å². The van der Waals surface area contributed by atoms with Crippen LogP contribution < -0.4 is 10.1 Å². The third-order valence-electron chi connectivity index (χ3n) is 5.37. The Morgan fingerprint density at radius 2 is 1.94 bits per heavy atom. The van der Waals surface area contributed by atoms with Crippen LogP contribution in [-0.2, 0) is 4.79 Å². The van der Waals surface area contributed by atoms with Crippen molar-refractivity contribution in [3.63, 3.8) is 0 Å². The van der Waals surface area contributed by atoms with Crippen LogP contribution in [0.1, 0.15) is 29.0 Å². The molecule has 0 bridgehead atoms. The first kappa shape index (κ1) is 21.9. The number of carbonyl (C=O) groups is 2. The fraction of sp³-hybridized carbons (Fsp3) is 0.364. The number of thioether (sulfide) groups is 1. The number of rotatable bonds is 7. The SMILES string of the molecule is COc1ccc(-n2c(C)nnc2SCC(=O)NC2CCN(C(=O)c3ccoc3)CC2)cc1. The minimum absolute atomic E-state index is 0.0349. The molecular formula is C22H25N5O4S. The summed E-state index contributed by atoms with van der Waals surface area (Å²) in [6.45, 7) is 3.08. The highest BCUT2D eigenvalue weighted by atomic mass is 32.2. The number of hydrogen-bond donors (Lipinski definition) is 1. The predicted octanol–water partition coefficient (Wildman–Crippen LogP) is 2.69. The van der Waals surface area contributed by atoms with E-state index in [0.29, 0.717) is 23.8 Å². The normalized spacial score (nSPS) is 14.4. The Morgan fingerprint density at radius 3 is 2.59 bits per heavy atom. The molecule has 1 aromatic carbocycles. The lowest BCUT2D eigenvalue weighted by Gasteiger charge is -2.32. The minimum Gasteiger partial charge on any atom is -0.497 e. The average Bonchev–Trinajstić information content (AvgIpc) is 3.48. The molecule has 9 nitrogen and oxygen atoms in total. The molecule has 1 N–H and O–H groups in total. The lowest BCUT2D eigenvalue weighted by molar-refractivity contribution is -0.119. The molecule has 2 amide bonds. The van der Waals surface area contributed by atoms with Crippen LogP contribution in [0.5, 0.6) is 5.75 Å². The van der Waals surface area contributed by atoms with Gasteiger partial charge in [0, 0.05) is 24.8 Å². The summed E-state index contributed by atoms with van der Waals surface area (Å²) in [5.41, 5.74) is 1.46. The molecular weight excluding hydrogens is 430 g/mol. The van der Waals surface area contributed by atoms with Gasteiger partial charge >= 0.3 is 0 Å². The maximum atomic E-state index is 12.5. The third-order valence-corrected chi connectivity index (χ3v) is 6.30. The monoisotopic (exact) mass is 455 g/mol. The van der Waals surface area contributed by atoms with Crippen LogP contribution >= 0.6 is 11.8 Å².